The molecule has 0 aromatic heterocycles. The van der Waals surface area contributed by atoms with E-state index in [0.29, 0.717) is 5.75 Å². The molecule has 1 amide bonds. The van der Waals surface area contributed by atoms with Crippen LogP contribution in [0.15, 0.2) is 30.3 Å². The molecule has 0 radical (unpaired) electrons. The molecule has 138 valence electrons. The van der Waals surface area contributed by atoms with Gasteiger partial charge in [0.15, 0.2) is 6.61 Å². The first kappa shape index (κ1) is 18.2. The van der Waals surface area contributed by atoms with Crippen molar-refractivity contribution >= 4 is 17.3 Å². The van der Waals surface area contributed by atoms with Crippen molar-refractivity contribution in [3.8, 4) is 5.75 Å². The Kier molecular flexibility index (Phi) is 5.45. The van der Waals surface area contributed by atoms with Crippen LogP contribution >= 0.6 is 0 Å². The number of ether oxygens (including phenoxy) is 1. The number of nitrogens with one attached hydrogen (secondary N) is 1. The van der Waals surface area contributed by atoms with Crippen molar-refractivity contribution in [1.82, 2.24) is 0 Å². The Morgan fingerprint density at radius 1 is 1.15 bits per heavy atom. The molecular weight excluding hydrogens is 331 g/mol. The molecule has 0 bridgehead atoms. The second kappa shape index (κ2) is 7.77. The fourth-order valence-electron chi connectivity index (χ4n) is 3.57. The van der Waals surface area contributed by atoms with E-state index in [1.807, 2.05) is 39.0 Å². The van der Waals surface area contributed by atoms with E-state index in [4.69, 9.17) is 4.74 Å². The van der Waals surface area contributed by atoms with Crippen LogP contribution in [0.3, 0.4) is 0 Å². The Bertz CT molecular complexity index is 791. The molecule has 0 spiro atoms. The molecule has 3 rings (SSSR count). The van der Waals surface area contributed by atoms with E-state index in [9.17, 15) is 9.18 Å². The van der Waals surface area contributed by atoms with Gasteiger partial charge in [-0.25, -0.2) is 4.39 Å². The summed E-state index contributed by atoms with van der Waals surface area (Å²) in [4.78, 5) is 14.5. The number of para-hydroxylation sites is 1. The third kappa shape index (κ3) is 3.98. The number of carbonyl (C=O) groups is 1. The first-order valence-corrected chi connectivity index (χ1v) is 8.99. The first-order chi connectivity index (χ1) is 12.5. The summed E-state index contributed by atoms with van der Waals surface area (Å²) in [6.07, 6.45) is 2.16. The summed E-state index contributed by atoms with van der Waals surface area (Å²) in [5, 5.41) is 2.70. The molecule has 1 N–H and O–H groups in total. The van der Waals surface area contributed by atoms with E-state index in [1.54, 1.807) is 6.07 Å². The second-order valence-electron chi connectivity index (χ2n) is 6.89. The van der Waals surface area contributed by atoms with Gasteiger partial charge in [0.1, 0.15) is 17.3 Å². The second-order valence-corrected chi connectivity index (χ2v) is 6.89. The molecule has 1 aliphatic rings. The van der Waals surface area contributed by atoms with Crippen molar-refractivity contribution in [1.29, 1.82) is 0 Å². The number of rotatable bonds is 5. The maximum absolute atomic E-state index is 14.3. The number of halogens is 1. The molecule has 1 fully saturated rings. The lowest BCUT2D eigenvalue weighted by Crippen LogP contribution is -2.25. The fourth-order valence-corrected chi connectivity index (χ4v) is 3.57. The molecule has 0 saturated carbocycles. The van der Waals surface area contributed by atoms with E-state index in [2.05, 4.69) is 10.2 Å². The molecule has 0 unspecified atom stereocenters. The maximum atomic E-state index is 14.3. The normalized spacial score (nSPS) is 13.8. The van der Waals surface area contributed by atoms with Gasteiger partial charge >= 0.3 is 0 Å². The summed E-state index contributed by atoms with van der Waals surface area (Å²) < 4.78 is 20.0. The number of anilines is 2. The van der Waals surface area contributed by atoms with Crippen LogP contribution in [0, 0.1) is 26.6 Å². The van der Waals surface area contributed by atoms with Gasteiger partial charge in [0.2, 0.25) is 0 Å². The van der Waals surface area contributed by atoms with Crippen LogP contribution in [-0.4, -0.2) is 25.6 Å². The minimum atomic E-state index is -0.426. The van der Waals surface area contributed by atoms with Crippen LogP contribution in [0.4, 0.5) is 15.8 Å². The average Bonchev–Trinajstić information content (AvgIpc) is 3.10. The topological polar surface area (TPSA) is 41.6 Å². The summed E-state index contributed by atoms with van der Waals surface area (Å²) in [5.74, 6) is -0.0839. The fraction of sp³-hybridized carbons (Fsp3) is 0.381. The zero-order valence-corrected chi connectivity index (χ0v) is 15.6. The lowest BCUT2D eigenvalue weighted by molar-refractivity contribution is -0.118. The van der Waals surface area contributed by atoms with Gasteiger partial charge in [-0.2, -0.15) is 0 Å². The van der Waals surface area contributed by atoms with Gasteiger partial charge in [-0.1, -0.05) is 23.8 Å². The molecule has 0 atom stereocenters. The van der Waals surface area contributed by atoms with Gasteiger partial charge in [0, 0.05) is 13.1 Å². The number of carbonyl (C=O) groups excluding carboxylic acids is 1. The lowest BCUT2D eigenvalue weighted by atomic mass is 10.1. The zero-order valence-electron chi connectivity index (χ0n) is 15.6. The van der Waals surface area contributed by atoms with Crippen LogP contribution in [0.1, 0.15) is 29.5 Å². The number of hydrogen-bond donors (Lipinski definition) is 1. The Balaban J connectivity index is 1.71. The number of benzene rings is 2. The molecule has 2 aromatic rings. The Morgan fingerprint density at radius 2 is 1.81 bits per heavy atom. The highest BCUT2D eigenvalue weighted by Gasteiger charge is 2.20. The Morgan fingerprint density at radius 3 is 2.46 bits per heavy atom. The Hall–Kier alpha value is -2.56. The van der Waals surface area contributed by atoms with Gasteiger partial charge in [0.05, 0.1) is 5.69 Å². The molecule has 4 nitrogen and oxygen atoms in total. The molecule has 1 aliphatic heterocycles. The van der Waals surface area contributed by atoms with Crippen LogP contribution in [-0.2, 0) is 4.79 Å². The molecule has 26 heavy (non-hydrogen) atoms. The van der Waals surface area contributed by atoms with Crippen LogP contribution < -0.4 is 15.0 Å². The SMILES string of the molecule is Cc1cc(C)c(OCC(=O)Nc2c(F)cccc2N2CCCC2)c(C)c1. The summed E-state index contributed by atoms with van der Waals surface area (Å²) >= 11 is 0. The molecule has 5 heteroatoms. The van der Waals surface area contributed by atoms with Crippen LogP contribution in [0.25, 0.3) is 0 Å². The Labute approximate surface area is 154 Å². The number of aryl methyl sites for hydroxylation is 3. The van der Waals surface area contributed by atoms with Crippen molar-refractivity contribution in [2.45, 2.75) is 33.6 Å². The highest BCUT2D eigenvalue weighted by molar-refractivity contribution is 5.95. The third-order valence-electron chi connectivity index (χ3n) is 4.66. The van der Waals surface area contributed by atoms with E-state index in [0.717, 1.165) is 48.3 Å². The molecule has 0 aliphatic carbocycles. The molecule has 1 heterocycles. The maximum Gasteiger partial charge on any atom is 0.262 e. The minimum Gasteiger partial charge on any atom is -0.483 e. The number of hydrogen-bond acceptors (Lipinski definition) is 3. The molecule has 1 saturated heterocycles. The van der Waals surface area contributed by atoms with E-state index in [1.165, 1.54) is 6.07 Å². The van der Waals surface area contributed by atoms with Crippen LogP contribution in [0.5, 0.6) is 5.75 Å². The molecular formula is C21H25FN2O2. The van der Waals surface area contributed by atoms with E-state index < -0.39 is 5.82 Å². The van der Waals surface area contributed by atoms with Crippen molar-refractivity contribution in [3.05, 3.63) is 52.8 Å². The highest BCUT2D eigenvalue weighted by atomic mass is 19.1. The smallest absolute Gasteiger partial charge is 0.262 e. The average molecular weight is 356 g/mol. The predicted octanol–water partition coefficient (Wildman–Crippen LogP) is 4.37. The van der Waals surface area contributed by atoms with Gasteiger partial charge in [-0.05, 0) is 56.9 Å². The third-order valence-corrected chi connectivity index (χ3v) is 4.66. The number of amides is 1. The van der Waals surface area contributed by atoms with Crippen LogP contribution in [0.2, 0.25) is 0 Å². The highest BCUT2D eigenvalue weighted by Crippen LogP contribution is 2.31. The number of nitrogens with zero attached hydrogens (tertiary/aromatic N) is 1. The van der Waals surface area contributed by atoms with Gasteiger partial charge < -0.3 is 15.0 Å². The zero-order chi connectivity index (χ0) is 18.7. The van der Waals surface area contributed by atoms with Crippen molar-refractivity contribution in [2.75, 3.05) is 29.9 Å². The summed E-state index contributed by atoms with van der Waals surface area (Å²) in [7, 11) is 0. The first-order valence-electron chi connectivity index (χ1n) is 8.99. The van der Waals surface area contributed by atoms with Crippen molar-refractivity contribution in [3.63, 3.8) is 0 Å². The van der Waals surface area contributed by atoms with Gasteiger partial charge in [-0.3, -0.25) is 4.79 Å². The van der Waals surface area contributed by atoms with Gasteiger partial charge in [0.25, 0.3) is 5.91 Å². The standard InChI is InChI=1S/C21H25FN2O2/c1-14-11-15(2)21(16(3)12-14)26-13-19(25)23-20-17(22)7-6-8-18(20)24-9-4-5-10-24/h6-8,11-12H,4-5,9-10,13H2,1-3H3,(H,23,25). The van der Waals surface area contributed by atoms with E-state index in [-0.39, 0.29) is 18.2 Å². The summed E-state index contributed by atoms with van der Waals surface area (Å²) in [6.45, 7) is 7.54. The molecule has 2 aromatic carbocycles. The van der Waals surface area contributed by atoms with Crippen molar-refractivity contribution < 1.29 is 13.9 Å². The minimum absolute atomic E-state index is 0.154. The van der Waals surface area contributed by atoms with Gasteiger partial charge in [-0.15, -0.1) is 0 Å². The quantitative estimate of drug-likeness (QED) is 0.865. The monoisotopic (exact) mass is 356 g/mol. The lowest BCUT2D eigenvalue weighted by Gasteiger charge is -2.22. The summed E-state index contributed by atoms with van der Waals surface area (Å²) in [5.41, 5.74) is 4.09. The largest absolute Gasteiger partial charge is 0.483 e. The van der Waals surface area contributed by atoms with E-state index >= 15 is 0 Å². The summed E-state index contributed by atoms with van der Waals surface area (Å²) in [6, 6.07) is 8.92. The predicted molar refractivity (Wildman–Crippen MR) is 103 cm³/mol. The van der Waals surface area contributed by atoms with Crippen molar-refractivity contribution in [2.24, 2.45) is 0 Å².